The number of aromatic nitrogens is 1. The van der Waals surface area contributed by atoms with Crippen molar-refractivity contribution in [2.45, 2.75) is 13.1 Å². The molecule has 3 aromatic rings. The monoisotopic (exact) mass is 406 g/mol. The third kappa shape index (κ3) is 3.96. The van der Waals surface area contributed by atoms with Crippen molar-refractivity contribution in [1.82, 2.24) is 4.98 Å². The van der Waals surface area contributed by atoms with Crippen LogP contribution in [0.3, 0.4) is 0 Å². The highest BCUT2D eigenvalue weighted by Crippen LogP contribution is 2.40. The minimum Gasteiger partial charge on any atom is -0.461 e. The van der Waals surface area contributed by atoms with E-state index < -0.39 is 45.5 Å². The summed E-state index contributed by atoms with van der Waals surface area (Å²) in [6, 6.07) is 9.87. The zero-order chi connectivity index (χ0) is 21.2. The smallest absolute Gasteiger partial charge is 0.417 e. The molecular formula is C19H13F3N2O5. The van der Waals surface area contributed by atoms with Crippen LogP contribution in [0.25, 0.3) is 22.8 Å². The highest BCUT2D eigenvalue weighted by molar-refractivity contribution is 5.95. The molecule has 0 saturated heterocycles. The molecule has 0 bridgehead atoms. The number of alkyl halides is 3. The summed E-state index contributed by atoms with van der Waals surface area (Å²) < 4.78 is 50.4. The number of hydrogen-bond acceptors (Lipinski definition) is 6. The minimum atomic E-state index is -4.70. The van der Waals surface area contributed by atoms with Crippen molar-refractivity contribution >= 4 is 11.7 Å². The average molecular weight is 406 g/mol. The summed E-state index contributed by atoms with van der Waals surface area (Å²) in [5, 5.41) is 11.3. The van der Waals surface area contributed by atoms with Crippen LogP contribution in [0.15, 0.2) is 52.9 Å². The Hall–Kier alpha value is -3.69. The minimum absolute atomic E-state index is 0.0313. The second kappa shape index (κ2) is 7.74. The fourth-order valence-corrected chi connectivity index (χ4v) is 2.70. The number of oxazole rings is 1. The third-order valence-electron chi connectivity index (χ3n) is 3.90. The summed E-state index contributed by atoms with van der Waals surface area (Å²) in [6.45, 7) is 1.50. The van der Waals surface area contributed by atoms with E-state index >= 15 is 0 Å². The summed E-state index contributed by atoms with van der Waals surface area (Å²) in [5.74, 6) is -1.82. The van der Waals surface area contributed by atoms with Crippen LogP contribution in [-0.4, -0.2) is 22.5 Å². The van der Waals surface area contributed by atoms with E-state index in [1.165, 1.54) is 43.3 Å². The van der Waals surface area contributed by atoms with E-state index in [9.17, 15) is 28.1 Å². The molecule has 1 heterocycles. The lowest BCUT2D eigenvalue weighted by Crippen LogP contribution is -2.08. The highest BCUT2D eigenvalue weighted by atomic mass is 19.4. The van der Waals surface area contributed by atoms with Gasteiger partial charge in [0, 0.05) is 11.6 Å². The van der Waals surface area contributed by atoms with Crippen molar-refractivity contribution < 1.29 is 32.0 Å². The number of para-hydroxylation sites is 1. The molecule has 10 heteroatoms. The van der Waals surface area contributed by atoms with Gasteiger partial charge in [0.25, 0.3) is 5.69 Å². The van der Waals surface area contributed by atoms with Gasteiger partial charge in [0.1, 0.15) is 0 Å². The van der Waals surface area contributed by atoms with E-state index in [2.05, 4.69) is 4.98 Å². The van der Waals surface area contributed by atoms with Crippen molar-refractivity contribution in [3.63, 3.8) is 0 Å². The van der Waals surface area contributed by atoms with Crippen LogP contribution in [0.1, 0.15) is 23.0 Å². The number of hydrogen-bond donors (Lipinski definition) is 0. The molecule has 1 aromatic heterocycles. The fourth-order valence-electron chi connectivity index (χ4n) is 2.70. The quantitative estimate of drug-likeness (QED) is 0.332. The molecule has 0 N–H and O–H groups in total. The van der Waals surface area contributed by atoms with Gasteiger partial charge >= 0.3 is 12.1 Å². The summed E-state index contributed by atoms with van der Waals surface area (Å²) >= 11 is 0. The molecule has 0 aliphatic carbocycles. The van der Waals surface area contributed by atoms with Crippen molar-refractivity contribution in [1.29, 1.82) is 0 Å². The second-order valence-electron chi connectivity index (χ2n) is 5.73. The van der Waals surface area contributed by atoms with E-state index in [1.54, 1.807) is 0 Å². The molecule has 0 unspecified atom stereocenters. The number of nitro groups is 1. The summed E-state index contributed by atoms with van der Waals surface area (Å²) in [4.78, 5) is 26.8. The number of benzene rings is 2. The van der Waals surface area contributed by atoms with Crippen LogP contribution in [0, 0.1) is 10.1 Å². The Morgan fingerprint density at radius 2 is 1.76 bits per heavy atom. The molecule has 150 valence electrons. The Balaban J connectivity index is 2.26. The van der Waals surface area contributed by atoms with Crippen molar-refractivity contribution in [2.75, 3.05) is 6.61 Å². The number of carbonyl (C=O) groups excluding carboxylic acids is 1. The van der Waals surface area contributed by atoms with Gasteiger partial charge in [-0.1, -0.05) is 24.3 Å². The summed E-state index contributed by atoms with van der Waals surface area (Å²) in [6.07, 6.45) is -4.70. The first-order valence-electron chi connectivity index (χ1n) is 8.32. The van der Waals surface area contributed by atoms with Crippen LogP contribution in [0.5, 0.6) is 0 Å². The van der Waals surface area contributed by atoms with E-state index in [0.717, 1.165) is 12.1 Å². The van der Waals surface area contributed by atoms with Gasteiger partial charge in [0.05, 0.1) is 22.7 Å². The number of rotatable bonds is 5. The van der Waals surface area contributed by atoms with Crippen molar-refractivity contribution in [3.05, 3.63) is 69.9 Å². The lowest BCUT2D eigenvalue weighted by atomic mass is 10.1. The topological polar surface area (TPSA) is 95.5 Å². The van der Waals surface area contributed by atoms with Gasteiger partial charge in [-0.2, -0.15) is 13.2 Å². The zero-order valence-electron chi connectivity index (χ0n) is 14.9. The van der Waals surface area contributed by atoms with Crippen LogP contribution in [0.2, 0.25) is 0 Å². The molecule has 0 fully saturated rings. The molecule has 0 aliphatic rings. The molecule has 7 nitrogen and oxygen atoms in total. The Morgan fingerprint density at radius 3 is 2.38 bits per heavy atom. The lowest BCUT2D eigenvalue weighted by Gasteiger charge is -2.09. The maximum absolute atomic E-state index is 13.4. The number of esters is 1. The van der Waals surface area contributed by atoms with Gasteiger partial charge in [-0.15, -0.1) is 0 Å². The van der Waals surface area contributed by atoms with Crippen LogP contribution in [-0.2, 0) is 10.9 Å². The van der Waals surface area contributed by atoms with Gasteiger partial charge in [0.2, 0.25) is 5.89 Å². The van der Waals surface area contributed by atoms with Crippen LogP contribution < -0.4 is 0 Å². The highest BCUT2D eigenvalue weighted by Gasteiger charge is 2.36. The number of carbonyl (C=O) groups is 1. The Kier molecular flexibility index (Phi) is 5.35. The molecule has 0 amide bonds. The number of nitro benzene ring substituents is 1. The van der Waals surface area contributed by atoms with Gasteiger partial charge in [0.15, 0.2) is 11.5 Å². The molecule has 29 heavy (non-hydrogen) atoms. The maximum Gasteiger partial charge on any atom is 0.417 e. The summed E-state index contributed by atoms with van der Waals surface area (Å²) in [7, 11) is 0. The van der Waals surface area contributed by atoms with E-state index in [-0.39, 0.29) is 17.9 Å². The lowest BCUT2D eigenvalue weighted by molar-refractivity contribution is -0.384. The van der Waals surface area contributed by atoms with E-state index in [0.29, 0.717) is 0 Å². The van der Waals surface area contributed by atoms with Gasteiger partial charge in [-0.25, -0.2) is 9.78 Å². The largest absolute Gasteiger partial charge is 0.461 e. The molecule has 2 aromatic carbocycles. The number of halogens is 3. The molecular weight excluding hydrogens is 393 g/mol. The van der Waals surface area contributed by atoms with E-state index in [1.807, 2.05) is 0 Å². The van der Waals surface area contributed by atoms with E-state index in [4.69, 9.17) is 9.15 Å². The van der Waals surface area contributed by atoms with Crippen molar-refractivity contribution in [2.24, 2.45) is 0 Å². The Morgan fingerprint density at radius 1 is 1.14 bits per heavy atom. The van der Waals surface area contributed by atoms with Crippen LogP contribution >= 0.6 is 0 Å². The average Bonchev–Trinajstić information content (AvgIpc) is 3.13. The molecule has 3 rings (SSSR count). The normalized spacial score (nSPS) is 11.3. The molecule has 0 saturated carbocycles. The van der Waals surface area contributed by atoms with Gasteiger partial charge in [-0.3, -0.25) is 10.1 Å². The molecule has 0 aliphatic heterocycles. The molecule has 0 atom stereocenters. The predicted molar refractivity (Wildman–Crippen MR) is 95.0 cm³/mol. The third-order valence-corrected chi connectivity index (χ3v) is 3.90. The molecule has 0 spiro atoms. The first-order valence-corrected chi connectivity index (χ1v) is 8.32. The Labute approximate surface area is 161 Å². The van der Waals surface area contributed by atoms with Gasteiger partial charge < -0.3 is 9.15 Å². The molecule has 0 radical (unpaired) electrons. The zero-order valence-corrected chi connectivity index (χ0v) is 14.9. The predicted octanol–water partition coefficient (Wildman–Crippen LogP) is 5.11. The first kappa shape index (κ1) is 20.1. The maximum atomic E-state index is 13.4. The first-order chi connectivity index (χ1) is 13.7. The number of nitrogens with zero attached hydrogens (tertiary/aromatic N) is 2. The second-order valence-corrected chi connectivity index (χ2v) is 5.73. The Bertz CT molecular complexity index is 1080. The van der Waals surface area contributed by atoms with Crippen LogP contribution in [0.4, 0.5) is 18.9 Å². The summed E-state index contributed by atoms with van der Waals surface area (Å²) in [5.41, 5.74) is -2.39. The number of ether oxygens (including phenoxy) is 1. The fraction of sp³-hybridized carbons (Fsp3) is 0.158. The van der Waals surface area contributed by atoms with Gasteiger partial charge in [-0.05, 0) is 25.1 Å². The SMILES string of the molecule is CCOC(=O)c1nc(-c2ccccc2C(F)(F)F)oc1-c1ccccc1[N+](=O)[O-]. The van der Waals surface area contributed by atoms with Crippen molar-refractivity contribution in [3.8, 4) is 22.8 Å². The standard InChI is InChI=1S/C19H13F3N2O5/c1-2-28-18(25)15-16(12-8-4-6-10-14(12)24(26)27)29-17(23-15)11-7-3-5-9-13(11)19(20,21)22/h3-10H,2H2,1H3.